The van der Waals surface area contributed by atoms with Crippen LogP contribution < -0.4 is 11.1 Å². The van der Waals surface area contributed by atoms with E-state index in [4.69, 9.17) is 5.73 Å². The van der Waals surface area contributed by atoms with Crippen molar-refractivity contribution in [3.05, 3.63) is 29.8 Å². The molecule has 0 aromatic heterocycles. The number of hydrogen-bond acceptors (Lipinski definition) is 3. The van der Waals surface area contributed by atoms with E-state index in [1.54, 1.807) is 0 Å². The molecule has 0 atom stereocenters. The first-order chi connectivity index (χ1) is 11.3. The Morgan fingerprint density at radius 2 is 1.74 bits per heavy atom. The topological polar surface area (TPSA) is 58.4 Å². The number of hydrogen-bond donors (Lipinski definition) is 2. The average molecular weight is 317 g/mol. The molecule has 128 valence electrons. The number of unbranched alkanes of at least 4 members (excludes halogenated alkanes) is 3. The summed E-state index contributed by atoms with van der Waals surface area (Å²) in [7, 11) is 0. The highest BCUT2D eigenvalue weighted by Gasteiger charge is 2.10. The minimum atomic E-state index is 0.113. The Kier molecular flexibility index (Phi) is 8.12. The zero-order valence-electron chi connectivity index (χ0n) is 14.2. The van der Waals surface area contributed by atoms with Crippen molar-refractivity contribution in [2.24, 2.45) is 5.73 Å². The van der Waals surface area contributed by atoms with Crippen LogP contribution in [0.5, 0.6) is 0 Å². The Hall–Kier alpha value is -1.39. The standard InChI is InChI=1S/C19H31N3O/c20-13-4-2-1-3-7-19(23)21-18-10-8-17(9-11-18)12-16-22-14-5-6-15-22/h8-11H,1-7,12-16,20H2,(H,21,23). The lowest BCUT2D eigenvalue weighted by molar-refractivity contribution is -0.116. The normalized spacial score (nSPS) is 15.0. The molecule has 2 rings (SSSR count). The minimum absolute atomic E-state index is 0.113. The third-order valence-corrected chi connectivity index (χ3v) is 4.51. The molecule has 0 saturated carbocycles. The van der Waals surface area contributed by atoms with E-state index in [1.165, 1.54) is 31.5 Å². The summed E-state index contributed by atoms with van der Waals surface area (Å²) < 4.78 is 0. The van der Waals surface area contributed by atoms with Gasteiger partial charge in [0.25, 0.3) is 0 Å². The maximum absolute atomic E-state index is 11.9. The van der Waals surface area contributed by atoms with Crippen molar-refractivity contribution in [1.29, 1.82) is 0 Å². The highest BCUT2D eigenvalue weighted by atomic mass is 16.1. The number of carbonyl (C=O) groups excluding carboxylic acids is 1. The molecular formula is C19H31N3O. The first-order valence-corrected chi connectivity index (χ1v) is 9.09. The Labute approximate surface area is 140 Å². The molecule has 0 radical (unpaired) electrons. The maximum atomic E-state index is 11.9. The van der Waals surface area contributed by atoms with Gasteiger partial charge in [0.1, 0.15) is 0 Å². The Morgan fingerprint density at radius 1 is 1.04 bits per heavy atom. The summed E-state index contributed by atoms with van der Waals surface area (Å²) in [5, 5.41) is 2.98. The molecule has 1 aliphatic heterocycles. The number of rotatable bonds is 10. The highest BCUT2D eigenvalue weighted by molar-refractivity contribution is 5.90. The molecule has 4 heteroatoms. The molecule has 0 spiro atoms. The van der Waals surface area contributed by atoms with Gasteiger partial charge in [0.15, 0.2) is 0 Å². The lowest BCUT2D eigenvalue weighted by atomic mass is 10.1. The summed E-state index contributed by atoms with van der Waals surface area (Å²) in [6.45, 7) is 4.39. The van der Waals surface area contributed by atoms with Gasteiger partial charge in [-0.05, 0) is 69.4 Å². The fourth-order valence-electron chi connectivity index (χ4n) is 3.06. The zero-order chi connectivity index (χ0) is 16.3. The quantitative estimate of drug-likeness (QED) is 0.652. The van der Waals surface area contributed by atoms with Crippen LogP contribution in [0.15, 0.2) is 24.3 Å². The van der Waals surface area contributed by atoms with E-state index in [9.17, 15) is 4.79 Å². The second kappa shape index (κ2) is 10.4. The summed E-state index contributed by atoms with van der Waals surface area (Å²) in [5.41, 5.74) is 7.71. The monoisotopic (exact) mass is 317 g/mol. The SMILES string of the molecule is NCCCCCCC(=O)Nc1ccc(CCN2CCCC2)cc1. The molecular weight excluding hydrogens is 286 g/mol. The van der Waals surface area contributed by atoms with Gasteiger partial charge in [0, 0.05) is 18.7 Å². The Bertz CT molecular complexity index is 452. The minimum Gasteiger partial charge on any atom is -0.330 e. The predicted molar refractivity (Wildman–Crippen MR) is 96.6 cm³/mol. The van der Waals surface area contributed by atoms with E-state index < -0.39 is 0 Å². The van der Waals surface area contributed by atoms with Crippen molar-refractivity contribution < 1.29 is 4.79 Å². The molecule has 1 fully saturated rings. The van der Waals surface area contributed by atoms with Gasteiger partial charge >= 0.3 is 0 Å². The molecule has 1 heterocycles. The first kappa shape index (κ1) is 18.0. The predicted octanol–water partition coefficient (Wildman–Crippen LogP) is 3.17. The molecule has 1 aromatic rings. The zero-order valence-corrected chi connectivity index (χ0v) is 14.2. The number of nitrogens with zero attached hydrogens (tertiary/aromatic N) is 1. The van der Waals surface area contributed by atoms with Gasteiger partial charge in [-0.3, -0.25) is 4.79 Å². The Morgan fingerprint density at radius 3 is 2.43 bits per heavy atom. The van der Waals surface area contributed by atoms with Crippen LogP contribution in [0.3, 0.4) is 0 Å². The molecule has 0 unspecified atom stereocenters. The van der Waals surface area contributed by atoms with Crippen LogP contribution in [0, 0.1) is 0 Å². The lowest BCUT2D eigenvalue weighted by Gasteiger charge is -2.14. The van der Waals surface area contributed by atoms with Crippen molar-refractivity contribution >= 4 is 11.6 Å². The van der Waals surface area contributed by atoms with E-state index in [2.05, 4.69) is 22.3 Å². The molecule has 1 amide bonds. The van der Waals surface area contributed by atoms with Crippen LogP contribution in [0.2, 0.25) is 0 Å². The van der Waals surface area contributed by atoms with Gasteiger partial charge < -0.3 is 16.0 Å². The number of anilines is 1. The van der Waals surface area contributed by atoms with Gasteiger partial charge in [-0.25, -0.2) is 0 Å². The third kappa shape index (κ3) is 7.14. The fraction of sp³-hybridized carbons (Fsp3) is 0.632. The van der Waals surface area contributed by atoms with Crippen LogP contribution in [0.25, 0.3) is 0 Å². The molecule has 3 N–H and O–H groups in total. The average Bonchev–Trinajstić information content (AvgIpc) is 3.07. The summed E-state index contributed by atoms with van der Waals surface area (Å²) in [5.74, 6) is 0.113. The molecule has 23 heavy (non-hydrogen) atoms. The van der Waals surface area contributed by atoms with Crippen molar-refractivity contribution in [2.45, 2.75) is 51.4 Å². The largest absolute Gasteiger partial charge is 0.330 e. The fourth-order valence-corrected chi connectivity index (χ4v) is 3.06. The number of nitrogens with one attached hydrogen (secondary N) is 1. The summed E-state index contributed by atoms with van der Waals surface area (Å²) in [4.78, 5) is 14.4. The number of likely N-dealkylation sites (tertiary alicyclic amines) is 1. The second-order valence-corrected chi connectivity index (χ2v) is 6.50. The Balaban J connectivity index is 1.64. The molecule has 0 aliphatic carbocycles. The van der Waals surface area contributed by atoms with E-state index in [0.29, 0.717) is 6.42 Å². The van der Waals surface area contributed by atoms with Crippen LogP contribution in [-0.2, 0) is 11.2 Å². The number of carbonyl (C=O) groups is 1. The molecule has 0 bridgehead atoms. The molecule has 1 aromatic carbocycles. The van der Waals surface area contributed by atoms with Gasteiger partial charge in [0.2, 0.25) is 5.91 Å². The first-order valence-electron chi connectivity index (χ1n) is 9.09. The van der Waals surface area contributed by atoms with Crippen LogP contribution in [-0.4, -0.2) is 37.0 Å². The summed E-state index contributed by atoms with van der Waals surface area (Å²) >= 11 is 0. The van der Waals surface area contributed by atoms with E-state index >= 15 is 0 Å². The van der Waals surface area contributed by atoms with Crippen molar-refractivity contribution in [1.82, 2.24) is 4.90 Å². The number of nitrogens with two attached hydrogens (primary N) is 1. The van der Waals surface area contributed by atoms with Crippen molar-refractivity contribution in [2.75, 3.05) is 31.5 Å². The second-order valence-electron chi connectivity index (χ2n) is 6.50. The van der Waals surface area contributed by atoms with Crippen LogP contribution >= 0.6 is 0 Å². The van der Waals surface area contributed by atoms with Crippen molar-refractivity contribution in [3.8, 4) is 0 Å². The smallest absolute Gasteiger partial charge is 0.224 e. The number of amides is 1. The van der Waals surface area contributed by atoms with Gasteiger partial charge in [-0.1, -0.05) is 25.0 Å². The summed E-state index contributed by atoms with van der Waals surface area (Å²) in [6, 6.07) is 8.30. The molecule has 4 nitrogen and oxygen atoms in total. The van der Waals surface area contributed by atoms with Crippen molar-refractivity contribution in [3.63, 3.8) is 0 Å². The van der Waals surface area contributed by atoms with Gasteiger partial charge in [0.05, 0.1) is 0 Å². The molecule has 1 saturated heterocycles. The van der Waals surface area contributed by atoms with Gasteiger partial charge in [-0.2, -0.15) is 0 Å². The lowest BCUT2D eigenvalue weighted by Crippen LogP contribution is -2.21. The van der Waals surface area contributed by atoms with Crippen LogP contribution in [0.4, 0.5) is 5.69 Å². The van der Waals surface area contributed by atoms with Crippen LogP contribution in [0.1, 0.15) is 50.5 Å². The van der Waals surface area contributed by atoms with Gasteiger partial charge in [-0.15, -0.1) is 0 Å². The molecule has 1 aliphatic rings. The van der Waals surface area contributed by atoms with E-state index in [1.807, 2.05) is 12.1 Å². The number of benzene rings is 1. The third-order valence-electron chi connectivity index (χ3n) is 4.51. The maximum Gasteiger partial charge on any atom is 0.224 e. The van der Waals surface area contributed by atoms with E-state index in [-0.39, 0.29) is 5.91 Å². The van der Waals surface area contributed by atoms with E-state index in [0.717, 1.165) is 50.9 Å². The highest BCUT2D eigenvalue weighted by Crippen LogP contribution is 2.13. The summed E-state index contributed by atoms with van der Waals surface area (Å²) in [6.07, 6.45) is 8.58.